The van der Waals surface area contributed by atoms with Crippen LogP contribution in [0.4, 0.5) is 17.1 Å². The summed E-state index contributed by atoms with van der Waals surface area (Å²) in [7, 11) is 0. The molecule has 0 amide bonds. The fourth-order valence-electron chi connectivity index (χ4n) is 12.6. The van der Waals surface area contributed by atoms with E-state index in [1.54, 1.807) is 0 Å². The van der Waals surface area contributed by atoms with E-state index in [4.69, 9.17) is 4.42 Å². The lowest BCUT2D eigenvalue weighted by Gasteiger charge is -2.32. The molecule has 15 rings (SSSR count). The third-order valence-electron chi connectivity index (χ3n) is 15.7. The van der Waals surface area contributed by atoms with E-state index in [0.717, 1.165) is 72.0 Å². The van der Waals surface area contributed by atoms with Crippen LogP contribution in [0.15, 0.2) is 277 Å². The molecule has 0 aliphatic heterocycles. The van der Waals surface area contributed by atoms with E-state index < -0.39 is 5.41 Å². The molecule has 2 aliphatic carbocycles. The van der Waals surface area contributed by atoms with Gasteiger partial charge in [-0.05, 0) is 114 Å². The first-order valence-electron chi connectivity index (χ1n) is 25.2. The lowest BCUT2D eigenvalue weighted by atomic mass is 9.70. The van der Waals surface area contributed by atoms with Gasteiger partial charge in [-0.15, -0.1) is 0 Å². The minimum Gasteiger partial charge on any atom is -0.455 e. The maximum absolute atomic E-state index is 7.07. The van der Waals surface area contributed by atoms with Crippen LogP contribution in [-0.4, -0.2) is 0 Å². The molecule has 0 saturated carbocycles. The molecular formula is C71H45NO. The molecule has 2 aliphatic rings. The minimum atomic E-state index is -0.491. The van der Waals surface area contributed by atoms with Gasteiger partial charge in [0, 0.05) is 38.5 Å². The van der Waals surface area contributed by atoms with Gasteiger partial charge in [0.05, 0.1) is 16.8 Å². The number of furan rings is 1. The molecule has 0 N–H and O–H groups in total. The van der Waals surface area contributed by atoms with Crippen molar-refractivity contribution in [2.75, 3.05) is 4.90 Å². The molecule has 13 aromatic rings. The number of hydrogen-bond acceptors (Lipinski definition) is 2. The Labute approximate surface area is 424 Å². The zero-order chi connectivity index (χ0) is 48.0. The monoisotopic (exact) mass is 927 g/mol. The average molecular weight is 928 g/mol. The molecule has 1 spiro atoms. The second-order valence-corrected chi connectivity index (χ2v) is 19.4. The maximum Gasteiger partial charge on any atom is 0.143 e. The van der Waals surface area contributed by atoms with Crippen molar-refractivity contribution in [3.63, 3.8) is 0 Å². The molecule has 0 unspecified atom stereocenters. The highest BCUT2D eigenvalue weighted by Crippen LogP contribution is 2.65. The first-order chi connectivity index (χ1) is 36.2. The predicted molar refractivity (Wildman–Crippen MR) is 304 cm³/mol. The van der Waals surface area contributed by atoms with Gasteiger partial charge in [-0.2, -0.15) is 0 Å². The maximum atomic E-state index is 7.07. The minimum absolute atomic E-state index is 0.491. The summed E-state index contributed by atoms with van der Waals surface area (Å²) in [5.41, 5.74) is 24.1. The van der Waals surface area contributed by atoms with E-state index in [2.05, 4.69) is 278 Å². The van der Waals surface area contributed by atoms with Crippen molar-refractivity contribution in [3.05, 3.63) is 295 Å². The van der Waals surface area contributed by atoms with Gasteiger partial charge in [-0.3, -0.25) is 0 Å². The fourth-order valence-corrected chi connectivity index (χ4v) is 12.6. The zero-order valence-corrected chi connectivity index (χ0v) is 39.8. The van der Waals surface area contributed by atoms with E-state index >= 15 is 0 Å². The third kappa shape index (κ3) is 6.11. The van der Waals surface area contributed by atoms with Gasteiger partial charge in [0.25, 0.3) is 0 Å². The van der Waals surface area contributed by atoms with E-state index in [1.807, 2.05) is 0 Å². The molecular weight excluding hydrogens is 883 g/mol. The van der Waals surface area contributed by atoms with Crippen LogP contribution in [0.25, 0.3) is 99.5 Å². The Kier molecular flexibility index (Phi) is 9.21. The Balaban J connectivity index is 0.964. The zero-order valence-electron chi connectivity index (χ0n) is 39.8. The van der Waals surface area contributed by atoms with E-state index in [0.29, 0.717) is 0 Å². The van der Waals surface area contributed by atoms with Crippen LogP contribution in [0.2, 0.25) is 0 Å². The van der Waals surface area contributed by atoms with Gasteiger partial charge >= 0.3 is 0 Å². The molecule has 0 atom stereocenters. The standard InChI is InChI=1S/C71H45NO/c1-3-19-47(20-4-1)52-43-40-50(45-61(52)48-21-5-2-6-22-48)46-37-41-51(42-38-46)72(66-35-16-12-27-56(66)57-29-17-30-58-59-44-39-49-23-7-8-24-53(49)69(59)73-70(57)58)67-36-18-34-65-68(67)60-28-11-15-33-64(60)71(65)62-31-13-9-25-54(62)55-26-10-14-32-63(55)71/h1-45H. The Bertz CT molecular complexity index is 4270. The topological polar surface area (TPSA) is 16.4 Å². The van der Waals surface area contributed by atoms with Gasteiger partial charge < -0.3 is 9.32 Å². The first-order valence-corrected chi connectivity index (χ1v) is 25.2. The molecule has 2 nitrogen and oxygen atoms in total. The SMILES string of the molecule is c1ccc(-c2ccc(-c3ccc(N(c4ccccc4-c4cccc5c4oc4c6ccccc6ccc54)c4cccc5c4-c4ccccc4C54c5ccccc5-c5ccccc54)cc3)cc2-c2ccccc2)cc1. The molecule has 1 aromatic heterocycles. The summed E-state index contributed by atoms with van der Waals surface area (Å²) in [6, 6.07) is 100. The number of benzene rings is 12. The molecule has 340 valence electrons. The van der Waals surface area contributed by atoms with Crippen molar-refractivity contribution < 1.29 is 4.42 Å². The Morgan fingerprint density at radius 1 is 0.274 bits per heavy atom. The summed E-state index contributed by atoms with van der Waals surface area (Å²) in [6.07, 6.45) is 0. The Hall–Kier alpha value is -9.50. The quantitative estimate of drug-likeness (QED) is 0.158. The summed E-state index contributed by atoms with van der Waals surface area (Å²) < 4.78 is 7.07. The summed E-state index contributed by atoms with van der Waals surface area (Å²) in [5, 5.41) is 4.50. The second kappa shape index (κ2) is 16.3. The van der Waals surface area contributed by atoms with Gasteiger partial charge in [-0.1, -0.05) is 237 Å². The predicted octanol–water partition coefficient (Wildman–Crippen LogP) is 19.2. The van der Waals surface area contributed by atoms with E-state index in [1.165, 1.54) is 66.8 Å². The van der Waals surface area contributed by atoms with Crippen molar-refractivity contribution in [3.8, 4) is 66.8 Å². The van der Waals surface area contributed by atoms with Crippen molar-refractivity contribution >= 4 is 49.8 Å². The molecule has 0 saturated heterocycles. The third-order valence-corrected chi connectivity index (χ3v) is 15.7. The molecule has 73 heavy (non-hydrogen) atoms. The second-order valence-electron chi connectivity index (χ2n) is 19.4. The van der Waals surface area contributed by atoms with Gasteiger partial charge in [-0.25, -0.2) is 0 Å². The molecule has 0 fully saturated rings. The van der Waals surface area contributed by atoms with Gasteiger partial charge in [0.1, 0.15) is 11.2 Å². The smallest absolute Gasteiger partial charge is 0.143 e. The average Bonchev–Trinajstić information content (AvgIpc) is 4.14. The molecule has 1 heterocycles. The van der Waals surface area contributed by atoms with Crippen molar-refractivity contribution in [2.45, 2.75) is 5.41 Å². The molecule has 2 heteroatoms. The number of para-hydroxylation sites is 2. The van der Waals surface area contributed by atoms with Crippen LogP contribution in [0.3, 0.4) is 0 Å². The number of fused-ring (bicyclic) bond motifs is 15. The van der Waals surface area contributed by atoms with Crippen molar-refractivity contribution in [1.82, 2.24) is 0 Å². The lowest BCUT2D eigenvalue weighted by Crippen LogP contribution is -2.26. The van der Waals surface area contributed by atoms with Gasteiger partial charge in [0.2, 0.25) is 0 Å². The summed E-state index contributed by atoms with van der Waals surface area (Å²) >= 11 is 0. The van der Waals surface area contributed by atoms with Crippen LogP contribution < -0.4 is 4.90 Å². The largest absolute Gasteiger partial charge is 0.455 e. The van der Waals surface area contributed by atoms with Crippen LogP contribution >= 0.6 is 0 Å². The van der Waals surface area contributed by atoms with Crippen LogP contribution in [0.5, 0.6) is 0 Å². The summed E-state index contributed by atoms with van der Waals surface area (Å²) in [6.45, 7) is 0. The van der Waals surface area contributed by atoms with Crippen LogP contribution in [-0.2, 0) is 5.41 Å². The highest BCUT2D eigenvalue weighted by atomic mass is 16.3. The first kappa shape index (κ1) is 41.3. The van der Waals surface area contributed by atoms with E-state index in [-0.39, 0.29) is 0 Å². The molecule has 0 bridgehead atoms. The van der Waals surface area contributed by atoms with Crippen LogP contribution in [0.1, 0.15) is 22.3 Å². The number of nitrogens with zero attached hydrogens (tertiary/aromatic N) is 1. The van der Waals surface area contributed by atoms with Crippen LogP contribution in [0, 0.1) is 0 Å². The highest BCUT2D eigenvalue weighted by molar-refractivity contribution is 6.18. The number of hydrogen-bond donors (Lipinski definition) is 0. The Morgan fingerprint density at radius 2 is 0.795 bits per heavy atom. The van der Waals surface area contributed by atoms with Gasteiger partial charge in [0.15, 0.2) is 0 Å². The summed E-state index contributed by atoms with van der Waals surface area (Å²) in [5.74, 6) is 0. The Morgan fingerprint density at radius 3 is 1.53 bits per heavy atom. The fraction of sp³-hybridized carbons (Fsp3) is 0.0141. The number of rotatable bonds is 7. The normalized spacial score (nSPS) is 12.8. The molecule has 0 radical (unpaired) electrons. The summed E-state index contributed by atoms with van der Waals surface area (Å²) in [4.78, 5) is 2.51. The highest BCUT2D eigenvalue weighted by Gasteiger charge is 2.52. The number of anilines is 3. The van der Waals surface area contributed by atoms with Crippen molar-refractivity contribution in [1.29, 1.82) is 0 Å². The molecule has 12 aromatic carbocycles. The van der Waals surface area contributed by atoms with E-state index in [9.17, 15) is 0 Å². The van der Waals surface area contributed by atoms with Crippen molar-refractivity contribution in [2.24, 2.45) is 0 Å². The lowest BCUT2D eigenvalue weighted by molar-refractivity contribution is 0.674.